The molecule has 1 fully saturated rings. The second-order valence-electron chi connectivity index (χ2n) is 9.01. The van der Waals surface area contributed by atoms with Gasteiger partial charge in [0.15, 0.2) is 12.0 Å². The van der Waals surface area contributed by atoms with Gasteiger partial charge in [-0.3, -0.25) is 27.5 Å². The quantitative estimate of drug-likeness (QED) is 0.381. The van der Waals surface area contributed by atoms with E-state index in [0.717, 1.165) is 20.0 Å². The number of aliphatic imine (C=N–C) groups is 1. The second kappa shape index (κ2) is 9.86. The van der Waals surface area contributed by atoms with E-state index in [1.165, 1.54) is 10.9 Å². The fourth-order valence-corrected chi connectivity index (χ4v) is 11.6. The van der Waals surface area contributed by atoms with Crippen LogP contribution in [0.1, 0.15) is 18.1 Å². The highest BCUT2D eigenvalue weighted by molar-refractivity contribution is 7.78. The summed E-state index contributed by atoms with van der Waals surface area (Å²) >= 11 is 0. The molecule has 3 heterocycles. The van der Waals surface area contributed by atoms with E-state index in [0.29, 0.717) is 11.5 Å². The summed E-state index contributed by atoms with van der Waals surface area (Å²) in [5.41, 5.74) is 0.641. The van der Waals surface area contributed by atoms with Crippen molar-refractivity contribution in [1.82, 2.24) is 19.4 Å². The molecular formula is C17H32N5O9P3. The lowest BCUT2D eigenvalue weighted by Gasteiger charge is -2.33. The number of rotatable bonds is 9. The zero-order valence-corrected chi connectivity index (χ0v) is 22.5. The van der Waals surface area contributed by atoms with Crippen molar-refractivity contribution in [1.29, 1.82) is 0 Å². The fraction of sp³-hybridized carbons (Fsp3) is 0.765. The number of fused-ring (bicyclic) bond motifs is 1. The molecule has 0 spiro atoms. The lowest BCUT2D eigenvalue weighted by atomic mass is 10.1. The monoisotopic (exact) mass is 543 g/mol. The van der Waals surface area contributed by atoms with Crippen molar-refractivity contribution in [2.24, 2.45) is 4.99 Å². The van der Waals surface area contributed by atoms with Crippen LogP contribution in [0.3, 0.4) is 0 Å². The van der Waals surface area contributed by atoms with Gasteiger partial charge < -0.3 is 29.3 Å². The smallest absolute Gasteiger partial charge is 0.333 e. The van der Waals surface area contributed by atoms with Gasteiger partial charge in [0.25, 0.3) is 0 Å². The molecule has 0 radical (unpaired) electrons. The molecule has 2 aliphatic heterocycles. The molecule has 1 aromatic heterocycles. The van der Waals surface area contributed by atoms with Gasteiger partial charge in [-0.1, -0.05) is 0 Å². The summed E-state index contributed by atoms with van der Waals surface area (Å²) in [6, 6.07) is 0. The number of aliphatic hydroxyl groups excluding tert-OH is 2. The lowest BCUT2D eigenvalue weighted by molar-refractivity contribution is -0.0491. The maximum absolute atomic E-state index is 12.7. The molecule has 0 saturated carbocycles. The van der Waals surface area contributed by atoms with Crippen LogP contribution in [0.15, 0.2) is 11.3 Å². The summed E-state index contributed by atoms with van der Waals surface area (Å²) in [4.78, 5) is 22.1. The zero-order chi connectivity index (χ0) is 25.6. The van der Waals surface area contributed by atoms with Gasteiger partial charge in [0.2, 0.25) is 14.7 Å². The summed E-state index contributed by atoms with van der Waals surface area (Å²) < 4.78 is 54.3. The SMILES string of the molecule is CN(C)C1c2ncn(C3OC(COP(C)(=O)OP(C)(=O)CP(C)(=O)O)C(O)C3O)c2N=CN1C. The zero-order valence-electron chi connectivity index (χ0n) is 19.8. The Morgan fingerprint density at radius 3 is 2.41 bits per heavy atom. The highest BCUT2D eigenvalue weighted by atomic mass is 31.3. The van der Waals surface area contributed by atoms with E-state index in [-0.39, 0.29) is 6.17 Å². The Morgan fingerprint density at radius 1 is 1.18 bits per heavy atom. The minimum absolute atomic E-state index is 0.193. The van der Waals surface area contributed by atoms with Crippen LogP contribution in [-0.2, 0) is 27.3 Å². The van der Waals surface area contributed by atoms with Crippen molar-refractivity contribution in [2.45, 2.75) is 30.7 Å². The van der Waals surface area contributed by atoms with Crippen LogP contribution >= 0.6 is 22.3 Å². The maximum atomic E-state index is 12.7. The van der Waals surface area contributed by atoms with Crippen LogP contribution < -0.4 is 0 Å². The molecule has 1 saturated heterocycles. The molecule has 14 nitrogen and oxygen atoms in total. The standard InChI is InChI=1S/C17H32N5O9P3/c1-20(2)16-12-15(19-8-21(16)3)22(9-18-12)17-14(24)13(23)11(30-17)7-29-34(6,28)31-33(5,27)10-32(4,25)26/h8-9,11,13-14,16-17,23-24H,7,10H2,1-6H3,(H,25,26). The van der Waals surface area contributed by atoms with E-state index in [9.17, 15) is 28.8 Å². The third kappa shape index (κ3) is 6.25. The molecule has 2 aliphatic rings. The number of aromatic nitrogens is 2. The van der Waals surface area contributed by atoms with Gasteiger partial charge in [-0.05, 0) is 14.1 Å². The third-order valence-electron chi connectivity index (χ3n) is 5.20. The number of imidazole rings is 1. The molecule has 8 unspecified atom stereocenters. The summed E-state index contributed by atoms with van der Waals surface area (Å²) in [6.45, 7) is 2.74. The Hall–Kier alpha value is -0.910. The van der Waals surface area contributed by atoms with Gasteiger partial charge in [0.05, 0.1) is 19.3 Å². The van der Waals surface area contributed by atoms with E-state index < -0.39 is 59.4 Å². The predicted octanol–water partition coefficient (Wildman–Crippen LogP) is 1.29. The van der Waals surface area contributed by atoms with E-state index in [1.54, 1.807) is 6.34 Å². The van der Waals surface area contributed by atoms with Crippen LogP contribution in [0.4, 0.5) is 5.82 Å². The van der Waals surface area contributed by atoms with Crippen LogP contribution in [-0.4, -0.2) is 113 Å². The van der Waals surface area contributed by atoms with E-state index >= 15 is 0 Å². The third-order valence-corrected chi connectivity index (χ3v) is 12.5. The van der Waals surface area contributed by atoms with Gasteiger partial charge in [-0.25, -0.2) is 9.98 Å². The Labute approximate surface area is 198 Å². The molecule has 0 aromatic carbocycles. The molecule has 17 heteroatoms. The number of hydrogen-bond acceptors (Lipinski definition) is 12. The second-order valence-corrected chi connectivity index (χ2v) is 16.7. The Bertz CT molecular complexity index is 1070. The first-order valence-corrected chi connectivity index (χ1v) is 16.9. The molecule has 3 rings (SSSR count). The van der Waals surface area contributed by atoms with Gasteiger partial charge >= 0.3 is 7.60 Å². The van der Waals surface area contributed by atoms with Crippen molar-refractivity contribution in [2.75, 3.05) is 53.6 Å². The highest BCUT2D eigenvalue weighted by Crippen LogP contribution is 2.65. The van der Waals surface area contributed by atoms with Crippen molar-refractivity contribution in [3.05, 3.63) is 12.0 Å². The number of aliphatic hydroxyl groups is 2. The molecule has 1 aromatic rings. The maximum Gasteiger partial charge on any atom is 0.333 e. The Balaban J connectivity index is 1.71. The van der Waals surface area contributed by atoms with Crippen LogP contribution in [0.2, 0.25) is 0 Å². The minimum Gasteiger partial charge on any atom is -0.387 e. The van der Waals surface area contributed by atoms with Crippen molar-refractivity contribution in [3.8, 4) is 0 Å². The van der Waals surface area contributed by atoms with Gasteiger partial charge in [-0.2, -0.15) is 0 Å². The van der Waals surface area contributed by atoms with Crippen molar-refractivity contribution >= 4 is 34.5 Å². The van der Waals surface area contributed by atoms with Gasteiger partial charge in [-0.15, -0.1) is 0 Å². The van der Waals surface area contributed by atoms with E-state index in [1.807, 2.05) is 30.9 Å². The topological polar surface area (TPSA) is 176 Å². The van der Waals surface area contributed by atoms with Gasteiger partial charge in [0, 0.05) is 27.0 Å². The van der Waals surface area contributed by atoms with Crippen molar-refractivity contribution < 1.29 is 42.4 Å². The average molecular weight is 543 g/mol. The van der Waals surface area contributed by atoms with Crippen molar-refractivity contribution in [3.63, 3.8) is 0 Å². The lowest BCUT2D eigenvalue weighted by Crippen LogP contribution is -2.36. The first kappa shape index (κ1) is 27.7. The number of hydrogen-bond donors (Lipinski definition) is 3. The molecule has 34 heavy (non-hydrogen) atoms. The summed E-state index contributed by atoms with van der Waals surface area (Å²) in [6.07, 6.45) is -2.01. The molecule has 3 N–H and O–H groups in total. The number of ether oxygens (including phenoxy) is 1. The average Bonchev–Trinajstić information content (AvgIpc) is 3.18. The minimum atomic E-state index is -3.95. The normalized spacial score (nSPS) is 32.3. The fourth-order valence-electron chi connectivity index (χ4n) is 4.03. The largest absolute Gasteiger partial charge is 0.387 e. The summed E-state index contributed by atoms with van der Waals surface area (Å²) in [5, 5.41) is 21.1. The van der Waals surface area contributed by atoms with Crippen LogP contribution in [0, 0.1) is 0 Å². The predicted molar refractivity (Wildman–Crippen MR) is 125 cm³/mol. The first-order valence-electron chi connectivity index (χ1n) is 10.3. The molecule has 8 atom stereocenters. The Morgan fingerprint density at radius 2 is 1.82 bits per heavy atom. The Kier molecular flexibility index (Phi) is 8.02. The number of nitrogens with zero attached hydrogens (tertiary/aromatic N) is 5. The molecule has 0 aliphatic carbocycles. The van der Waals surface area contributed by atoms with Crippen LogP contribution in [0.5, 0.6) is 0 Å². The van der Waals surface area contributed by atoms with E-state index in [4.69, 9.17) is 13.6 Å². The first-order chi connectivity index (χ1) is 15.5. The molecular weight excluding hydrogens is 511 g/mol. The molecule has 0 amide bonds. The summed E-state index contributed by atoms with van der Waals surface area (Å²) in [7, 11) is -5.69. The molecule has 0 bridgehead atoms. The van der Waals surface area contributed by atoms with Crippen LogP contribution in [0.25, 0.3) is 0 Å². The van der Waals surface area contributed by atoms with E-state index in [2.05, 4.69) is 9.98 Å². The molecule has 194 valence electrons. The van der Waals surface area contributed by atoms with Gasteiger partial charge in [0.1, 0.15) is 36.1 Å². The highest BCUT2D eigenvalue weighted by Gasteiger charge is 2.46. The summed E-state index contributed by atoms with van der Waals surface area (Å²) in [5.74, 6) is -0.195.